The third-order valence-electron chi connectivity index (χ3n) is 3.99. The van der Waals surface area contributed by atoms with Crippen molar-refractivity contribution in [1.82, 2.24) is 4.98 Å². The molecule has 122 valence electrons. The zero-order chi connectivity index (χ0) is 17.1. The van der Waals surface area contributed by atoms with Gasteiger partial charge in [0.1, 0.15) is 11.9 Å². The first kappa shape index (κ1) is 16.0. The smallest absolute Gasteiger partial charge is 0.340 e. The Kier molecular flexibility index (Phi) is 4.47. The lowest BCUT2D eigenvalue weighted by molar-refractivity contribution is 0.0336. The molecule has 0 radical (unpaired) electrons. The Bertz CT molecular complexity index is 875. The number of fused-ring (bicyclic) bond motifs is 1. The number of aromatic nitrogens is 1. The van der Waals surface area contributed by atoms with E-state index in [-0.39, 0.29) is 12.1 Å². The number of nitrogens with zero attached hydrogens (tertiary/aromatic N) is 1. The van der Waals surface area contributed by atoms with Gasteiger partial charge in [0.05, 0.1) is 23.9 Å². The first-order chi connectivity index (χ1) is 11.6. The zero-order valence-electron chi connectivity index (χ0n) is 13.9. The molecule has 1 aromatic heterocycles. The number of esters is 1. The summed E-state index contributed by atoms with van der Waals surface area (Å²) in [7, 11) is 1.62. The summed E-state index contributed by atoms with van der Waals surface area (Å²) in [5, 5.41) is 0.876. The number of hydrogen-bond donors (Lipinski definition) is 0. The van der Waals surface area contributed by atoms with E-state index in [0.29, 0.717) is 11.3 Å². The number of methoxy groups -OCH3 is 1. The van der Waals surface area contributed by atoms with Crippen molar-refractivity contribution >= 4 is 16.9 Å². The number of hydrogen-bond acceptors (Lipinski definition) is 4. The van der Waals surface area contributed by atoms with Crippen LogP contribution in [0.25, 0.3) is 10.9 Å². The highest BCUT2D eigenvalue weighted by molar-refractivity contribution is 5.95. The average Bonchev–Trinajstić information content (AvgIpc) is 2.61. The minimum absolute atomic E-state index is 0.315. The molecule has 1 heterocycles. The molecule has 0 fully saturated rings. The fraction of sp³-hybridized carbons (Fsp3) is 0.200. The second-order valence-corrected chi connectivity index (χ2v) is 5.64. The summed E-state index contributed by atoms with van der Waals surface area (Å²) in [6, 6.07) is 17.1. The van der Waals surface area contributed by atoms with Crippen LogP contribution in [0.1, 0.15) is 34.6 Å². The zero-order valence-corrected chi connectivity index (χ0v) is 13.9. The molecule has 3 rings (SSSR count). The Hall–Kier alpha value is -2.88. The van der Waals surface area contributed by atoms with E-state index in [1.807, 2.05) is 68.4 Å². The van der Waals surface area contributed by atoms with E-state index in [0.717, 1.165) is 22.2 Å². The number of ether oxygens (including phenoxy) is 2. The highest BCUT2D eigenvalue weighted by atomic mass is 16.5. The van der Waals surface area contributed by atoms with Crippen LogP contribution in [-0.4, -0.2) is 18.1 Å². The molecule has 2 aromatic carbocycles. The van der Waals surface area contributed by atoms with E-state index in [2.05, 4.69) is 4.98 Å². The van der Waals surface area contributed by atoms with Gasteiger partial charge in [-0.15, -0.1) is 0 Å². The minimum atomic E-state index is -0.367. The van der Waals surface area contributed by atoms with E-state index in [1.54, 1.807) is 7.11 Å². The topological polar surface area (TPSA) is 48.4 Å². The molecule has 0 aliphatic heterocycles. The van der Waals surface area contributed by atoms with Gasteiger partial charge in [0, 0.05) is 11.5 Å². The van der Waals surface area contributed by atoms with E-state index in [1.165, 1.54) is 0 Å². The third kappa shape index (κ3) is 3.23. The molecule has 1 unspecified atom stereocenters. The lowest BCUT2D eigenvalue weighted by atomic mass is 10.1. The van der Waals surface area contributed by atoms with Gasteiger partial charge in [-0.2, -0.15) is 0 Å². The fourth-order valence-electron chi connectivity index (χ4n) is 2.59. The van der Waals surface area contributed by atoms with Crippen molar-refractivity contribution in [3.05, 3.63) is 71.4 Å². The number of rotatable bonds is 4. The highest BCUT2D eigenvalue weighted by Crippen LogP contribution is 2.24. The molecule has 0 aliphatic rings. The second-order valence-electron chi connectivity index (χ2n) is 5.64. The van der Waals surface area contributed by atoms with E-state index < -0.39 is 0 Å². The van der Waals surface area contributed by atoms with Gasteiger partial charge >= 0.3 is 5.97 Å². The van der Waals surface area contributed by atoms with Crippen LogP contribution in [0.3, 0.4) is 0 Å². The summed E-state index contributed by atoms with van der Waals surface area (Å²) in [4.78, 5) is 17.0. The monoisotopic (exact) mass is 321 g/mol. The molecule has 0 saturated carbocycles. The maximum absolute atomic E-state index is 12.5. The minimum Gasteiger partial charge on any atom is -0.497 e. The van der Waals surface area contributed by atoms with Crippen molar-refractivity contribution in [2.45, 2.75) is 20.0 Å². The van der Waals surface area contributed by atoms with Crippen molar-refractivity contribution in [2.75, 3.05) is 7.11 Å². The third-order valence-corrected chi connectivity index (χ3v) is 3.99. The van der Waals surface area contributed by atoms with E-state index >= 15 is 0 Å². The summed E-state index contributed by atoms with van der Waals surface area (Å²) in [5.41, 5.74) is 2.87. The van der Waals surface area contributed by atoms with Gasteiger partial charge in [-0.1, -0.05) is 30.3 Å². The largest absolute Gasteiger partial charge is 0.497 e. The van der Waals surface area contributed by atoms with Crippen LogP contribution >= 0.6 is 0 Å². The number of benzene rings is 2. The van der Waals surface area contributed by atoms with Crippen LogP contribution in [0, 0.1) is 6.92 Å². The summed E-state index contributed by atoms with van der Waals surface area (Å²) in [6.45, 7) is 3.67. The van der Waals surface area contributed by atoms with Crippen molar-refractivity contribution in [3.8, 4) is 5.75 Å². The maximum atomic E-state index is 12.5. The molecular weight excluding hydrogens is 302 g/mol. The molecule has 0 saturated heterocycles. The molecule has 24 heavy (non-hydrogen) atoms. The molecular formula is C20H19NO3. The first-order valence-corrected chi connectivity index (χ1v) is 7.80. The molecule has 0 amide bonds. The Morgan fingerprint density at radius 2 is 1.83 bits per heavy atom. The Morgan fingerprint density at radius 1 is 1.08 bits per heavy atom. The van der Waals surface area contributed by atoms with Gasteiger partial charge in [0.25, 0.3) is 0 Å². The van der Waals surface area contributed by atoms with Gasteiger partial charge in [-0.25, -0.2) is 4.79 Å². The number of carbonyl (C=O) groups excluding carboxylic acids is 1. The second kappa shape index (κ2) is 6.71. The maximum Gasteiger partial charge on any atom is 0.340 e. The summed E-state index contributed by atoms with van der Waals surface area (Å²) in [6.07, 6.45) is -0.315. The Balaban J connectivity index is 1.88. The highest BCUT2D eigenvalue weighted by Gasteiger charge is 2.17. The molecule has 0 N–H and O–H groups in total. The SMILES string of the molecule is COc1ccc2cc(C(=O)OC(C)c3ccccc3)c(C)nc2c1. The van der Waals surface area contributed by atoms with Crippen molar-refractivity contribution in [1.29, 1.82) is 0 Å². The van der Waals surface area contributed by atoms with Crippen molar-refractivity contribution < 1.29 is 14.3 Å². The molecule has 0 bridgehead atoms. The molecule has 0 aliphatic carbocycles. The van der Waals surface area contributed by atoms with E-state index in [4.69, 9.17) is 9.47 Å². The fourth-order valence-corrected chi connectivity index (χ4v) is 2.59. The van der Waals surface area contributed by atoms with E-state index in [9.17, 15) is 4.79 Å². The van der Waals surface area contributed by atoms with Gasteiger partial charge in [-0.3, -0.25) is 4.98 Å². The normalized spacial score (nSPS) is 12.0. The standard InChI is InChI=1S/C20H19NO3/c1-13-18(11-16-9-10-17(23-3)12-19(16)21-13)20(22)24-14(2)15-7-5-4-6-8-15/h4-12,14H,1-3H3. The van der Waals surface area contributed by atoms with Gasteiger partial charge in [0.15, 0.2) is 0 Å². The summed E-state index contributed by atoms with van der Waals surface area (Å²) in [5.74, 6) is 0.372. The molecule has 0 spiro atoms. The number of carbonyl (C=O) groups is 1. The average molecular weight is 321 g/mol. The Labute approximate surface area is 141 Å². The molecule has 4 heteroatoms. The van der Waals surface area contributed by atoms with Crippen LogP contribution in [-0.2, 0) is 4.74 Å². The van der Waals surface area contributed by atoms with Crippen LogP contribution in [0.4, 0.5) is 0 Å². The number of pyridine rings is 1. The van der Waals surface area contributed by atoms with Gasteiger partial charge in [0.2, 0.25) is 0 Å². The predicted octanol–water partition coefficient (Wildman–Crippen LogP) is 4.47. The lowest BCUT2D eigenvalue weighted by Gasteiger charge is -2.15. The summed E-state index contributed by atoms with van der Waals surface area (Å²) >= 11 is 0. The van der Waals surface area contributed by atoms with Crippen LogP contribution in [0.15, 0.2) is 54.6 Å². The van der Waals surface area contributed by atoms with Crippen LogP contribution in [0.5, 0.6) is 5.75 Å². The first-order valence-electron chi connectivity index (χ1n) is 7.80. The predicted molar refractivity (Wildman–Crippen MR) is 93.3 cm³/mol. The lowest BCUT2D eigenvalue weighted by Crippen LogP contribution is -2.11. The summed E-state index contributed by atoms with van der Waals surface area (Å²) < 4.78 is 10.8. The number of aryl methyl sites for hydroxylation is 1. The Morgan fingerprint density at radius 3 is 2.54 bits per heavy atom. The van der Waals surface area contributed by atoms with Crippen molar-refractivity contribution in [2.24, 2.45) is 0 Å². The quantitative estimate of drug-likeness (QED) is 0.665. The van der Waals surface area contributed by atoms with Gasteiger partial charge in [-0.05, 0) is 37.6 Å². The molecule has 4 nitrogen and oxygen atoms in total. The van der Waals surface area contributed by atoms with Crippen LogP contribution < -0.4 is 4.74 Å². The van der Waals surface area contributed by atoms with Crippen molar-refractivity contribution in [3.63, 3.8) is 0 Å². The van der Waals surface area contributed by atoms with Gasteiger partial charge < -0.3 is 9.47 Å². The molecule has 1 atom stereocenters. The van der Waals surface area contributed by atoms with Crippen LogP contribution in [0.2, 0.25) is 0 Å². The molecule has 3 aromatic rings.